The van der Waals surface area contributed by atoms with E-state index in [9.17, 15) is 4.79 Å². The molecule has 150 valence electrons. The Balaban J connectivity index is 1.29. The molecule has 0 aliphatic carbocycles. The van der Waals surface area contributed by atoms with Crippen molar-refractivity contribution in [2.75, 3.05) is 26.2 Å². The van der Waals surface area contributed by atoms with Crippen molar-refractivity contribution in [3.8, 4) is 21.1 Å². The van der Waals surface area contributed by atoms with E-state index >= 15 is 0 Å². The fraction of sp³-hybridized carbons (Fsp3) is 0.391. The highest BCUT2D eigenvalue weighted by atomic mass is 32.1. The van der Waals surface area contributed by atoms with Gasteiger partial charge in [0.2, 0.25) is 0 Å². The molecule has 1 aromatic carbocycles. The first-order chi connectivity index (χ1) is 14.3. The van der Waals surface area contributed by atoms with Gasteiger partial charge in [0.05, 0.1) is 11.1 Å². The maximum atomic E-state index is 13.1. The van der Waals surface area contributed by atoms with Crippen LogP contribution in [-0.4, -0.2) is 52.9 Å². The Hall–Kier alpha value is -2.44. The zero-order valence-corrected chi connectivity index (χ0v) is 17.2. The Bertz CT molecular complexity index is 958. The van der Waals surface area contributed by atoms with Crippen LogP contribution in [0.5, 0.6) is 0 Å². The molecule has 1 amide bonds. The highest BCUT2D eigenvalue weighted by molar-refractivity contribution is 7.18. The van der Waals surface area contributed by atoms with E-state index in [4.69, 9.17) is 4.42 Å². The molecule has 3 aromatic rings. The molecule has 2 aliphatic rings. The van der Waals surface area contributed by atoms with E-state index in [1.54, 1.807) is 17.5 Å². The summed E-state index contributed by atoms with van der Waals surface area (Å²) in [5.74, 6) is 0.956. The van der Waals surface area contributed by atoms with Gasteiger partial charge in [0.25, 0.3) is 5.91 Å². The minimum Gasteiger partial charge on any atom is -0.443 e. The fourth-order valence-corrected chi connectivity index (χ4v) is 5.43. The van der Waals surface area contributed by atoms with E-state index < -0.39 is 0 Å². The van der Waals surface area contributed by atoms with Crippen LogP contribution in [0.15, 0.2) is 53.4 Å². The second kappa shape index (κ2) is 8.13. The van der Waals surface area contributed by atoms with Crippen molar-refractivity contribution in [1.29, 1.82) is 0 Å². The van der Waals surface area contributed by atoms with Crippen LogP contribution < -0.4 is 0 Å². The van der Waals surface area contributed by atoms with Crippen molar-refractivity contribution in [2.24, 2.45) is 0 Å². The topological polar surface area (TPSA) is 49.6 Å². The summed E-state index contributed by atoms with van der Waals surface area (Å²) in [6, 6.07) is 12.5. The van der Waals surface area contributed by atoms with Gasteiger partial charge in [-0.2, -0.15) is 0 Å². The molecule has 29 heavy (non-hydrogen) atoms. The van der Waals surface area contributed by atoms with Gasteiger partial charge in [-0.3, -0.25) is 4.79 Å². The van der Waals surface area contributed by atoms with E-state index in [-0.39, 0.29) is 5.91 Å². The normalized spacial score (nSPS) is 19.9. The number of amides is 1. The minimum absolute atomic E-state index is 0.173. The zero-order valence-electron chi connectivity index (χ0n) is 16.4. The maximum absolute atomic E-state index is 13.1. The van der Waals surface area contributed by atoms with Gasteiger partial charge in [-0.25, -0.2) is 4.98 Å². The van der Waals surface area contributed by atoms with Gasteiger partial charge in [0.1, 0.15) is 0 Å². The summed E-state index contributed by atoms with van der Waals surface area (Å²) in [6.07, 6.45) is 8.00. The number of hydrogen-bond acceptors (Lipinski definition) is 5. The molecule has 0 radical (unpaired) electrons. The molecule has 2 saturated heterocycles. The summed E-state index contributed by atoms with van der Waals surface area (Å²) < 4.78 is 5.38. The van der Waals surface area contributed by atoms with Gasteiger partial charge in [-0.1, -0.05) is 12.1 Å². The number of likely N-dealkylation sites (tertiary alicyclic amines) is 2. The molecular weight excluding hydrogens is 382 g/mol. The van der Waals surface area contributed by atoms with Crippen molar-refractivity contribution in [2.45, 2.75) is 31.7 Å². The fourth-order valence-electron chi connectivity index (χ4n) is 4.46. The molecule has 0 unspecified atom stereocenters. The number of benzene rings is 1. The largest absolute Gasteiger partial charge is 0.443 e. The molecule has 2 fully saturated rings. The summed E-state index contributed by atoms with van der Waals surface area (Å²) >= 11 is 1.67. The first-order valence-electron chi connectivity index (χ1n) is 10.4. The second-order valence-electron chi connectivity index (χ2n) is 7.91. The number of oxazole rings is 1. The minimum atomic E-state index is 0.173. The molecule has 5 rings (SSSR count). The number of nitrogens with zero attached hydrogens (tertiary/aromatic N) is 3. The Morgan fingerprint density at radius 1 is 1.03 bits per heavy atom. The number of aromatic nitrogens is 1. The quantitative estimate of drug-likeness (QED) is 0.611. The average molecular weight is 408 g/mol. The first-order valence-corrected chi connectivity index (χ1v) is 11.2. The number of thiophene rings is 1. The lowest BCUT2D eigenvalue weighted by Gasteiger charge is -2.28. The number of rotatable bonds is 5. The zero-order chi connectivity index (χ0) is 19.6. The lowest BCUT2D eigenvalue weighted by molar-refractivity contribution is 0.0709. The lowest BCUT2D eigenvalue weighted by Crippen LogP contribution is -2.42. The molecule has 6 heteroatoms. The average Bonchev–Trinajstić information content (AvgIpc) is 3.55. The molecule has 4 heterocycles. The highest BCUT2D eigenvalue weighted by Gasteiger charge is 2.31. The predicted octanol–water partition coefficient (Wildman–Crippen LogP) is 4.77. The van der Waals surface area contributed by atoms with Gasteiger partial charge in [0.15, 0.2) is 12.2 Å². The maximum Gasteiger partial charge on any atom is 0.254 e. The van der Waals surface area contributed by atoms with E-state index in [1.165, 1.54) is 32.3 Å². The Morgan fingerprint density at radius 3 is 2.59 bits per heavy atom. The molecule has 0 spiro atoms. The Morgan fingerprint density at radius 2 is 1.83 bits per heavy atom. The Kier molecular flexibility index (Phi) is 5.21. The Labute approximate surface area is 175 Å². The van der Waals surface area contributed by atoms with Crippen LogP contribution in [0, 0.1) is 0 Å². The van der Waals surface area contributed by atoms with Crippen LogP contribution in [0.4, 0.5) is 0 Å². The van der Waals surface area contributed by atoms with Gasteiger partial charge >= 0.3 is 0 Å². The van der Waals surface area contributed by atoms with Gasteiger partial charge in [-0.05, 0) is 68.6 Å². The van der Waals surface area contributed by atoms with Crippen LogP contribution in [0.3, 0.4) is 0 Å². The number of hydrogen-bond donors (Lipinski definition) is 0. The third-order valence-electron chi connectivity index (χ3n) is 6.00. The van der Waals surface area contributed by atoms with Crippen molar-refractivity contribution in [3.63, 3.8) is 0 Å². The number of carbonyl (C=O) groups is 1. The van der Waals surface area contributed by atoms with Crippen LogP contribution >= 0.6 is 11.3 Å². The van der Waals surface area contributed by atoms with Gasteiger partial charge in [-0.15, -0.1) is 11.3 Å². The van der Waals surface area contributed by atoms with E-state index in [0.717, 1.165) is 52.6 Å². The van der Waals surface area contributed by atoms with Crippen molar-refractivity contribution in [1.82, 2.24) is 14.8 Å². The first kappa shape index (κ1) is 18.6. The van der Waals surface area contributed by atoms with Gasteiger partial charge in [0, 0.05) is 29.6 Å². The van der Waals surface area contributed by atoms with E-state index in [1.807, 2.05) is 18.2 Å². The monoisotopic (exact) mass is 407 g/mol. The molecule has 1 atom stereocenters. The SMILES string of the molecule is O=C(c1ccc(-c2ccc(-c3cnco3)s2)cc1)N1CCC[C@H]1CN1CCCC1. The standard InChI is InChI=1S/C23H25N3O2S/c27-23(26-13-3-4-19(26)15-25-11-1-2-12-25)18-7-5-17(6-8-18)21-9-10-22(29-21)20-14-24-16-28-20/h5-10,14,16,19H,1-4,11-13,15H2/t19-/m0/s1. The van der Waals surface area contributed by atoms with Crippen LogP contribution in [0.25, 0.3) is 21.1 Å². The van der Waals surface area contributed by atoms with Crippen molar-refractivity contribution >= 4 is 17.2 Å². The summed E-state index contributed by atoms with van der Waals surface area (Å²) in [4.78, 5) is 23.9. The van der Waals surface area contributed by atoms with E-state index in [0.29, 0.717) is 6.04 Å². The smallest absolute Gasteiger partial charge is 0.254 e. The molecule has 0 bridgehead atoms. The summed E-state index contributed by atoms with van der Waals surface area (Å²) in [7, 11) is 0. The van der Waals surface area contributed by atoms with Gasteiger partial charge < -0.3 is 14.2 Å². The van der Waals surface area contributed by atoms with Crippen LogP contribution in [0.2, 0.25) is 0 Å². The van der Waals surface area contributed by atoms with Crippen LogP contribution in [-0.2, 0) is 0 Å². The molecule has 0 saturated carbocycles. The lowest BCUT2D eigenvalue weighted by atomic mass is 10.1. The van der Waals surface area contributed by atoms with E-state index in [2.05, 4.69) is 33.0 Å². The predicted molar refractivity (Wildman–Crippen MR) is 115 cm³/mol. The summed E-state index contributed by atoms with van der Waals surface area (Å²) in [5.41, 5.74) is 1.90. The summed E-state index contributed by atoms with van der Waals surface area (Å²) in [6.45, 7) is 4.28. The van der Waals surface area contributed by atoms with Crippen molar-refractivity contribution < 1.29 is 9.21 Å². The number of carbonyl (C=O) groups excluding carboxylic acids is 1. The third kappa shape index (κ3) is 3.87. The molecule has 5 nitrogen and oxygen atoms in total. The summed E-state index contributed by atoms with van der Waals surface area (Å²) in [5, 5.41) is 0. The molecule has 0 N–H and O–H groups in total. The van der Waals surface area contributed by atoms with Crippen molar-refractivity contribution in [3.05, 3.63) is 54.6 Å². The second-order valence-corrected chi connectivity index (χ2v) is 8.99. The van der Waals surface area contributed by atoms with Crippen LogP contribution in [0.1, 0.15) is 36.0 Å². The highest BCUT2D eigenvalue weighted by Crippen LogP contribution is 2.34. The molecule has 2 aromatic heterocycles. The molecule has 2 aliphatic heterocycles. The third-order valence-corrected chi connectivity index (χ3v) is 7.15. The molecular formula is C23H25N3O2S.